The molecule has 6 rings (SSSR count). The highest BCUT2D eigenvalue weighted by Crippen LogP contribution is 2.36. The fourth-order valence-electron chi connectivity index (χ4n) is 5.88. The molecule has 3 saturated carbocycles. The smallest absolute Gasteiger partial charge is 0.339 e. The summed E-state index contributed by atoms with van der Waals surface area (Å²) in [5.74, 6) is -0.564. The molecule has 0 bridgehead atoms. The molecular formula is C46H55Cl3O11. The Kier molecular flexibility index (Phi) is 17.7. The van der Waals surface area contributed by atoms with Crippen LogP contribution in [0.4, 0.5) is 0 Å². The maximum Gasteiger partial charge on any atom is 0.339 e. The number of halogens is 3. The first-order valence-corrected chi connectivity index (χ1v) is 21.4. The molecule has 0 radical (unpaired) electrons. The molecule has 0 saturated heterocycles. The molecule has 0 amide bonds. The normalized spacial score (nSPS) is 14.7. The van der Waals surface area contributed by atoms with Crippen LogP contribution in [0.15, 0.2) is 54.6 Å². The van der Waals surface area contributed by atoms with Crippen molar-refractivity contribution >= 4 is 64.3 Å². The highest BCUT2D eigenvalue weighted by Gasteiger charge is 2.30. The second-order valence-electron chi connectivity index (χ2n) is 16.9. The Balaban J connectivity index is 0.000000205. The van der Waals surface area contributed by atoms with Crippen LogP contribution in [0, 0.1) is 10.8 Å². The van der Waals surface area contributed by atoms with E-state index in [1.165, 1.54) is 6.07 Å². The van der Waals surface area contributed by atoms with Crippen LogP contribution in [0.3, 0.4) is 0 Å². The van der Waals surface area contributed by atoms with Crippen molar-refractivity contribution < 1.29 is 53.1 Å². The van der Waals surface area contributed by atoms with Crippen LogP contribution in [-0.4, -0.2) is 64.6 Å². The molecular weight excluding hydrogens is 835 g/mol. The number of aromatic carboxylic acids is 1. The van der Waals surface area contributed by atoms with Gasteiger partial charge < -0.3 is 29.2 Å². The summed E-state index contributed by atoms with van der Waals surface area (Å²) in [6, 6.07) is 14.9. The van der Waals surface area contributed by atoms with Gasteiger partial charge in [0.25, 0.3) is 0 Å². The number of carboxylic acids is 2. The minimum Gasteiger partial charge on any atom is -0.490 e. The molecule has 2 N–H and O–H groups in total. The molecule has 60 heavy (non-hydrogen) atoms. The number of Topliss-reactive ketones (excluding diaryl/α,β-unsaturated/α-hetero) is 2. The number of rotatable bonds is 20. The summed E-state index contributed by atoms with van der Waals surface area (Å²) < 4.78 is 22.0. The van der Waals surface area contributed by atoms with E-state index in [0.29, 0.717) is 75.7 Å². The quantitative estimate of drug-likeness (QED) is 0.0820. The molecule has 0 aromatic heterocycles. The molecule has 326 valence electrons. The molecule has 0 unspecified atom stereocenters. The molecule has 11 nitrogen and oxygen atoms in total. The van der Waals surface area contributed by atoms with Crippen molar-refractivity contribution in [3.05, 3.63) is 86.4 Å². The zero-order valence-electron chi connectivity index (χ0n) is 34.8. The van der Waals surface area contributed by atoms with Gasteiger partial charge in [-0.25, -0.2) is 4.79 Å². The third kappa shape index (κ3) is 17.3. The molecule has 14 heteroatoms. The number of hydrogen-bond donors (Lipinski definition) is 2. The van der Waals surface area contributed by atoms with Gasteiger partial charge in [-0.15, -0.1) is 0 Å². The zero-order chi connectivity index (χ0) is 44.2. The Bertz CT molecular complexity index is 2000. The van der Waals surface area contributed by atoms with E-state index in [0.717, 1.165) is 38.5 Å². The molecule has 3 aromatic carbocycles. The summed E-state index contributed by atoms with van der Waals surface area (Å²) in [4.78, 5) is 58.4. The number of carbonyl (C=O) groups excluding carboxylic acids is 3. The first kappa shape index (κ1) is 48.3. The predicted molar refractivity (Wildman–Crippen MR) is 230 cm³/mol. The van der Waals surface area contributed by atoms with Gasteiger partial charge in [-0.05, 0) is 124 Å². The average Bonchev–Trinajstić information content (AvgIpc) is 4.01. The number of carboxylic acid groups (broad SMARTS) is 2. The Hall–Kier alpha value is -4.32. The van der Waals surface area contributed by atoms with Gasteiger partial charge in [0.2, 0.25) is 0 Å². The van der Waals surface area contributed by atoms with E-state index < -0.39 is 17.4 Å². The second kappa shape index (κ2) is 22.0. The Morgan fingerprint density at radius 3 is 1.27 bits per heavy atom. The number of benzene rings is 3. The molecule has 3 aliphatic rings. The average molecular weight is 890 g/mol. The van der Waals surface area contributed by atoms with Crippen molar-refractivity contribution in [3.63, 3.8) is 0 Å². The van der Waals surface area contributed by atoms with Crippen molar-refractivity contribution in [1.82, 2.24) is 0 Å². The molecule has 3 aliphatic carbocycles. The molecule has 3 aromatic rings. The van der Waals surface area contributed by atoms with Crippen molar-refractivity contribution in [2.24, 2.45) is 10.8 Å². The molecule has 0 aliphatic heterocycles. The van der Waals surface area contributed by atoms with E-state index in [4.69, 9.17) is 64.0 Å². The van der Waals surface area contributed by atoms with E-state index in [2.05, 4.69) is 0 Å². The van der Waals surface area contributed by atoms with E-state index >= 15 is 0 Å². The van der Waals surface area contributed by atoms with Crippen LogP contribution < -0.4 is 14.2 Å². The van der Waals surface area contributed by atoms with Gasteiger partial charge in [0.15, 0.2) is 11.6 Å². The van der Waals surface area contributed by atoms with E-state index in [1.807, 2.05) is 27.7 Å². The molecule has 0 heterocycles. The lowest BCUT2D eigenvalue weighted by atomic mass is 9.83. The SMILES string of the molecule is CC(C)(CCC(=O)c1cc(Cl)ccc1OC1CC1)CC(=O)O.CCOC(=O)CC(C)(C)CCC(=O)c1cc(Cl)ccc1OC1CC1.O=C(O)c1cc(Cl)ccc1OC1CC1. The third-order valence-corrected chi connectivity index (χ3v) is 10.4. The Morgan fingerprint density at radius 2 is 0.933 bits per heavy atom. The lowest BCUT2D eigenvalue weighted by Gasteiger charge is -2.23. The number of ether oxygens (including phenoxy) is 4. The van der Waals surface area contributed by atoms with Gasteiger partial charge in [-0.3, -0.25) is 19.2 Å². The Morgan fingerprint density at radius 1 is 0.583 bits per heavy atom. The fourth-order valence-corrected chi connectivity index (χ4v) is 6.39. The lowest BCUT2D eigenvalue weighted by molar-refractivity contribution is -0.145. The minimum absolute atomic E-state index is 0.00918. The number of carbonyl (C=O) groups is 5. The van der Waals surface area contributed by atoms with E-state index in [9.17, 15) is 24.0 Å². The van der Waals surface area contributed by atoms with Crippen molar-refractivity contribution in [3.8, 4) is 17.2 Å². The predicted octanol–water partition coefficient (Wildman–Crippen LogP) is 11.7. The van der Waals surface area contributed by atoms with Crippen LogP contribution >= 0.6 is 34.8 Å². The van der Waals surface area contributed by atoms with Crippen molar-refractivity contribution in [2.45, 2.75) is 130 Å². The van der Waals surface area contributed by atoms with E-state index in [-0.39, 0.29) is 59.7 Å². The first-order valence-electron chi connectivity index (χ1n) is 20.3. The molecule has 3 fully saturated rings. The standard InChI is InChI=1S/C19H25ClO4.C17H21ClO4.C10H9ClO3/c1-4-23-18(22)12-19(2,3)10-9-16(21)15-11-13(20)5-8-17(15)24-14-6-7-14;1-17(2,10-16(20)21)8-7-14(19)13-9-11(18)3-6-15(13)22-12-4-5-12;11-6-1-4-9(14-7-2-3-7)8(5-6)10(12)13/h5,8,11,14H,4,6-7,9-10,12H2,1-3H3;3,6,9,12H,4-5,7-8,10H2,1-2H3,(H,20,21);1,4-5,7H,2-3H2,(H,12,13). The number of ketones is 2. The number of esters is 1. The van der Waals surface area contributed by atoms with Crippen LogP contribution in [0.25, 0.3) is 0 Å². The highest BCUT2D eigenvalue weighted by atomic mass is 35.5. The first-order chi connectivity index (χ1) is 28.2. The van der Waals surface area contributed by atoms with Crippen LogP contribution in [0.2, 0.25) is 15.1 Å². The number of aliphatic carboxylic acids is 1. The summed E-state index contributed by atoms with van der Waals surface area (Å²) in [5, 5.41) is 19.2. The Labute approximate surface area is 367 Å². The van der Waals surface area contributed by atoms with Gasteiger partial charge in [0.1, 0.15) is 22.8 Å². The second-order valence-corrected chi connectivity index (χ2v) is 18.2. The largest absolute Gasteiger partial charge is 0.490 e. The van der Waals surface area contributed by atoms with Gasteiger partial charge in [-0.2, -0.15) is 0 Å². The summed E-state index contributed by atoms with van der Waals surface area (Å²) in [6.07, 6.45) is 8.78. The van der Waals surface area contributed by atoms with Gasteiger partial charge >= 0.3 is 17.9 Å². The van der Waals surface area contributed by atoms with Crippen LogP contribution in [0.5, 0.6) is 17.2 Å². The van der Waals surface area contributed by atoms with Gasteiger partial charge in [0.05, 0.1) is 48.9 Å². The van der Waals surface area contributed by atoms with Gasteiger partial charge in [0, 0.05) is 27.9 Å². The van der Waals surface area contributed by atoms with Crippen LogP contribution in [0.1, 0.15) is 143 Å². The van der Waals surface area contributed by atoms with Crippen LogP contribution in [-0.2, 0) is 14.3 Å². The summed E-state index contributed by atoms with van der Waals surface area (Å²) in [5.41, 5.74) is 0.437. The fraction of sp³-hybridized carbons (Fsp3) is 0.500. The van der Waals surface area contributed by atoms with E-state index in [1.54, 1.807) is 55.5 Å². The zero-order valence-corrected chi connectivity index (χ0v) is 37.1. The topological polar surface area (TPSA) is 163 Å². The lowest BCUT2D eigenvalue weighted by Crippen LogP contribution is -2.20. The summed E-state index contributed by atoms with van der Waals surface area (Å²) >= 11 is 17.7. The maximum absolute atomic E-state index is 12.6. The summed E-state index contributed by atoms with van der Waals surface area (Å²) in [6.45, 7) is 9.81. The molecule has 0 atom stereocenters. The van der Waals surface area contributed by atoms with Crippen molar-refractivity contribution in [2.75, 3.05) is 6.61 Å². The van der Waals surface area contributed by atoms with Crippen molar-refractivity contribution in [1.29, 1.82) is 0 Å². The van der Waals surface area contributed by atoms with Gasteiger partial charge in [-0.1, -0.05) is 62.5 Å². The highest BCUT2D eigenvalue weighted by molar-refractivity contribution is 6.31. The third-order valence-electron chi connectivity index (χ3n) is 9.73. The minimum atomic E-state index is -1.01. The summed E-state index contributed by atoms with van der Waals surface area (Å²) in [7, 11) is 0. The number of hydrogen-bond acceptors (Lipinski definition) is 9. The molecule has 0 spiro atoms. The monoisotopic (exact) mass is 888 g/mol. The maximum atomic E-state index is 12.6.